The van der Waals surface area contributed by atoms with E-state index in [4.69, 9.17) is 10.5 Å². The molecule has 22 heavy (non-hydrogen) atoms. The standard InChI is InChI=1S/C18H22N2O2/c1-13(2)10-11-22-17-9-4-3-8-16(17)18(21)20-15-7-5-6-14(19)12-15/h3-9,12-13H,10-11,19H2,1-2H3,(H,20,21). The van der Waals surface area contributed by atoms with Crippen molar-refractivity contribution in [3.05, 3.63) is 54.1 Å². The Morgan fingerprint density at radius 1 is 1.18 bits per heavy atom. The van der Waals surface area contributed by atoms with Crippen LogP contribution in [0.4, 0.5) is 11.4 Å². The zero-order chi connectivity index (χ0) is 15.9. The van der Waals surface area contributed by atoms with Crippen LogP contribution >= 0.6 is 0 Å². The van der Waals surface area contributed by atoms with Gasteiger partial charge in [0.2, 0.25) is 0 Å². The average Bonchev–Trinajstić information content (AvgIpc) is 2.47. The number of hydrogen-bond donors (Lipinski definition) is 2. The van der Waals surface area contributed by atoms with Crippen molar-refractivity contribution in [3.8, 4) is 5.75 Å². The summed E-state index contributed by atoms with van der Waals surface area (Å²) in [5.74, 6) is 0.962. The maximum absolute atomic E-state index is 12.4. The predicted octanol–water partition coefficient (Wildman–Crippen LogP) is 3.95. The van der Waals surface area contributed by atoms with Crippen molar-refractivity contribution < 1.29 is 9.53 Å². The molecule has 0 saturated carbocycles. The van der Waals surface area contributed by atoms with E-state index in [1.54, 1.807) is 30.3 Å². The molecule has 0 saturated heterocycles. The molecule has 0 bridgehead atoms. The highest BCUT2D eigenvalue weighted by Gasteiger charge is 2.12. The van der Waals surface area contributed by atoms with Crippen LogP contribution in [-0.4, -0.2) is 12.5 Å². The van der Waals surface area contributed by atoms with Gasteiger partial charge in [0.05, 0.1) is 12.2 Å². The number of carbonyl (C=O) groups is 1. The van der Waals surface area contributed by atoms with Crippen LogP contribution in [0.5, 0.6) is 5.75 Å². The highest BCUT2D eigenvalue weighted by atomic mass is 16.5. The van der Waals surface area contributed by atoms with Crippen molar-refractivity contribution in [2.75, 3.05) is 17.7 Å². The van der Waals surface area contributed by atoms with Gasteiger partial charge >= 0.3 is 0 Å². The second-order valence-corrected chi connectivity index (χ2v) is 5.61. The monoisotopic (exact) mass is 298 g/mol. The summed E-state index contributed by atoms with van der Waals surface area (Å²) in [6.07, 6.45) is 0.950. The molecule has 4 heteroatoms. The lowest BCUT2D eigenvalue weighted by Gasteiger charge is -2.12. The fourth-order valence-corrected chi connectivity index (χ4v) is 2.00. The molecule has 1 amide bonds. The lowest BCUT2D eigenvalue weighted by molar-refractivity contribution is 0.102. The van der Waals surface area contributed by atoms with E-state index in [-0.39, 0.29) is 5.91 Å². The molecular formula is C18H22N2O2. The average molecular weight is 298 g/mol. The molecule has 0 aliphatic heterocycles. The van der Waals surface area contributed by atoms with Crippen LogP contribution in [0.25, 0.3) is 0 Å². The Bertz CT molecular complexity index is 638. The second kappa shape index (κ2) is 7.50. The van der Waals surface area contributed by atoms with Gasteiger partial charge in [-0.25, -0.2) is 0 Å². The van der Waals surface area contributed by atoms with Crippen molar-refractivity contribution in [1.82, 2.24) is 0 Å². The molecule has 0 fully saturated rings. The van der Waals surface area contributed by atoms with Gasteiger partial charge in [0, 0.05) is 11.4 Å². The van der Waals surface area contributed by atoms with Gasteiger partial charge in [-0.05, 0) is 42.7 Å². The minimum atomic E-state index is -0.203. The number of amides is 1. The van der Waals surface area contributed by atoms with E-state index in [0.29, 0.717) is 35.2 Å². The van der Waals surface area contributed by atoms with Gasteiger partial charge in [-0.2, -0.15) is 0 Å². The summed E-state index contributed by atoms with van der Waals surface area (Å²) in [7, 11) is 0. The number of para-hydroxylation sites is 1. The summed E-state index contributed by atoms with van der Waals surface area (Å²) in [6.45, 7) is 4.88. The third-order valence-electron chi connectivity index (χ3n) is 3.23. The van der Waals surface area contributed by atoms with Crippen LogP contribution in [0.1, 0.15) is 30.6 Å². The summed E-state index contributed by atoms with van der Waals surface area (Å²) in [5, 5.41) is 2.84. The summed E-state index contributed by atoms with van der Waals surface area (Å²) >= 11 is 0. The van der Waals surface area contributed by atoms with Crippen LogP contribution in [0.15, 0.2) is 48.5 Å². The fourth-order valence-electron chi connectivity index (χ4n) is 2.00. The molecule has 0 radical (unpaired) electrons. The number of hydrogen-bond acceptors (Lipinski definition) is 3. The molecule has 3 N–H and O–H groups in total. The first-order valence-electron chi connectivity index (χ1n) is 7.45. The largest absolute Gasteiger partial charge is 0.493 e. The van der Waals surface area contributed by atoms with Crippen LogP contribution in [0.2, 0.25) is 0 Å². The van der Waals surface area contributed by atoms with E-state index in [2.05, 4.69) is 19.2 Å². The van der Waals surface area contributed by atoms with Gasteiger partial charge in [0.15, 0.2) is 0 Å². The normalized spacial score (nSPS) is 10.5. The molecule has 2 aromatic carbocycles. The van der Waals surface area contributed by atoms with E-state index >= 15 is 0 Å². The minimum absolute atomic E-state index is 0.203. The number of anilines is 2. The van der Waals surface area contributed by atoms with E-state index in [9.17, 15) is 4.79 Å². The molecule has 0 aliphatic carbocycles. The predicted molar refractivity (Wildman–Crippen MR) is 90.2 cm³/mol. The zero-order valence-electron chi connectivity index (χ0n) is 13.0. The third-order valence-corrected chi connectivity index (χ3v) is 3.23. The number of benzene rings is 2. The topological polar surface area (TPSA) is 64.3 Å². The summed E-state index contributed by atoms with van der Waals surface area (Å²) < 4.78 is 5.75. The maximum Gasteiger partial charge on any atom is 0.259 e. The number of nitrogen functional groups attached to an aromatic ring is 1. The Labute approximate surface area is 131 Å². The zero-order valence-corrected chi connectivity index (χ0v) is 13.0. The van der Waals surface area contributed by atoms with E-state index < -0.39 is 0 Å². The van der Waals surface area contributed by atoms with E-state index in [1.165, 1.54) is 0 Å². The van der Waals surface area contributed by atoms with Crippen LogP contribution in [0.3, 0.4) is 0 Å². The van der Waals surface area contributed by atoms with E-state index in [0.717, 1.165) is 6.42 Å². The lowest BCUT2D eigenvalue weighted by Crippen LogP contribution is -2.14. The fraction of sp³-hybridized carbons (Fsp3) is 0.278. The quantitative estimate of drug-likeness (QED) is 0.794. The molecule has 2 aromatic rings. The van der Waals surface area contributed by atoms with Gasteiger partial charge in [-0.15, -0.1) is 0 Å². The molecule has 0 aromatic heterocycles. The summed E-state index contributed by atoms with van der Waals surface area (Å²) in [5.41, 5.74) is 7.52. The van der Waals surface area contributed by atoms with Gasteiger partial charge in [-0.3, -0.25) is 4.79 Å². The Balaban J connectivity index is 2.09. The first-order valence-corrected chi connectivity index (χ1v) is 7.45. The molecular weight excluding hydrogens is 276 g/mol. The third kappa shape index (κ3) is 4.52. The first-order chi connectivity index (χ1) is 10.6. The maximum atomic E-state index is 12.4. The SMILES string of the molecule is CC(C)CCOc1ccccc1C(=O)Nc1cccc(N)c1. The number of rotatable bonds is 6. The second-order valence-electron chi connectivity index (χ2n) is 5.61. The Hall–Kier alpha value is -2.49. The summed E-state index contributed by atoms with van der Waals surface area (Å²) in [6, 6.07) is 14.4. The van der Waals surface area contributed by atoms with Gasteiger partial charge in [0.1, 0.15) is 5.75 Å². The van der Waals surface area contributed by atoms with Crippen LogP contribution in [-0.2, 0) is 0 Å². The highest BCUT2D eigenvalue weighted by molar-refractivity contribution is 6.06. The molecule has 116 valence electrons. The first kappa shape index (κ1) is 15.9. The van der Waals surface area contributed by atoms with Crippen LogP contribution in [0, 0.1) is 5.92 Å². The Morgan fingerprint density at radius 3 is 2.68 bits per heavy atom. The molecule has 2 rings (SSSR count). The summed E-state index contributed by atoms with van der Waals surface area (Å²) in [4.78, 5) is 12.4. The number of ether oxygens (including phenoxy) is 1. The van der Waals surface area contributed by atoms with E-state index in [1.807, 2.05) is 18.2 Å². The van der Waals surface area contributed by atoms with Crippen molar-refractivity contribution in [2.45, 2.75) is 20.3 Å². The van der Waals surface area contributed by atoms with Crippen molar-refractivity contribution in [3.63, 3.8) is 0 Å². The molecule has 0 heterocycles. The van der Waals surface area contributed by atoms with Gasteiger partial charge in [0.25, 0.3) is 5.91 Å². The molecule has 0 atom stereocenters. The Kier molecular flexibility index (Phi) is 5.42. The molecule has 0 spiro atoms. The smallest absolute Gasteiger partial charge is 0.259 e. The van der Waals surface area contributed by atoms with Gasteiger partial charge < -0.3 is 15.8 Å². The molecule has 0 aliphatic rings. The molecule has 4 nitrogen and oxygen atoms in total. The van der Waals surface area contributed by atoms with Gasteiger partial charge in [-0.1, -0.05) is 32.0 Å². The Morgan fingerprint density at radius 2 is 1.95 bits per heavy atom. The number of carbonyl (C=O) groups excluding carboxylic acids is 1. The van der Waals surface area contributed by atoms with Crippen molar-refractivity contribution in [1.29, 1.82) is 0 Å². The highest BCUT2D eigenvalue weighted by Crippen LogP contribution is 2.21. The number of nitrogens with two attached hydrogens (primary N) is 1. The minimum Gasteiger partial charge on any atom is -0.493 e. The van der Waals surface area contributed by atoms with Crippen LogP contribution < -0.4 is 15.8 Å². The van der Waals surface area contributed by atoms with Crippen molar-refractivity contribution >= 4 is 17.3 Å². The molecule has 0 unspecified atom stereocenters. The number of nitrogens with one attached hydrogen (secondary N) is 1. The lowest BCUT2D eigenvalue weighted by atomic mass is 10.1. The van der Waals surface area contributed by atoms with Crippen molar-refractivity contribution in [2.24, 2.45) is 5.92 Å².